The molecule has 0 spiro atoms. The Bertz CT molecular complexity index is 3020. The fourth-order valence-corrected chi connectivity index (χ4v) is 7.14. The van der Waals surface area contributed by atoms with Crippen LogP contribution in [-0.4, -0.2) is 59.8 Å². The number of nitrogens with zero attached hydrogens (tertiary/aromatic N) is 12. The molecular formula is C66H60Co2N12. The van der Waals surface area contributed by atoms with Gasteiger partial charge in [0.05, 0.1) is 68.3 Å². The van der Waals surface area contributed by atoms with Gasteiger partial charge in [0.15, 0.2) is 0 Å². The summed E-state index contributed by atoms with van der Waals surface area (Å²) in [4.78, 5) is 50.8. The molecule has 0 unspecified atom stereocenters. The van der Waals surface area contributed by atoms with Crippen molar-refractivity contribution in [1.82, 2.24) is 59.8 Å². The SMILES string of the molecule is Cc1ccnc(-c2cc(C)ccn2)c1.Cc1ccnc(-c2cc(C)ccn2)c1.Cc1ccnc(-c2cc(C)ccn2)c1.[Co].[Co].c1ccc(-c2ccccn2)nc1.c1ccc(-c2ccccn2)nc1.c1ccc(-c2ccccn2)nc1. The Morgan fingerprint density at radius 1 is 0.163 bits per heavy atom. The first-order chi connectivity index (χ1) is 38.2. The van der Waals surface area contributed by atoms with Crippen LogP contribution < -0.4 is 0 Å². The van der Waals surface area contributed by atoms with E-state index in [1.165, 1.54) is 33.4 Å². The summed E-state index contributed by atoms with van der Waals surface area (Å²) in [6.45, 7) is 12.3. The first-order valence-electron chi connectivity index (χ1n) is 25.2. The minimum atomic E-state index is 0. The quantitative estimate of drug-likeness (QED) is 0.156. The monoisotopic (exact) mass is 1140 g/mol. The van der Waals surface area contributed by atoms with Crippen LogP contribution in [0.15, 0.2) is 256 Å². The fourth-order valence-electron chi connectivity index (χ4n) is 7.14. The Hall–Kier alpha value is -9.19. The largest absolute Gasteiger partial charge is 0.255 e. The van der Waals surface area contributed by atoms with E-state index in [1.807, 2.05) is 219 Å². The van der Waals surface area contributed by atoms with Crippen molar-refractivity contribution in [1.29, 1.82) is 0 Å². The van der Waals surface area contributed by atoms with E-state index in [0.29, 0.717) is 0 Å². The maximum absolute atomic E-state index is 4.29. The van der Waals surface area contributed by atoms with Crippen molar-refractivity contribution < 1.29 is 33.6 Å². The molecule has 0 bridgehead atoms. The molecule has 12 aromatic heterocycles. The molecule has 0 atom stereocenters. The molecule has 0 fully saturated rings. The Morgan fingerprint density at radius 2 is 0.300 bits per heavy atom. The third-order valence-electron chi connectivity index (χ3n) is 11.1. The van der Waals surface area contributed by atoms with E-state index >= 15 is 0 Å². The number of rotatable bonds is 6. The molecule has 2 radical (unpaired) electrons. The van der Waals surface area contributed by atoms with Crippen molar-refractivity contribution in [3.8, 4) is 68.3 Å². The number of aryl methyl sites for hydroxylation is 6. The maximum Gasteiger partial charge on any atom is 0.0888 e. The van der Waals surface area contributed by atoms with Gasteiger partial charge in [-0.05, 0) is 221 Å². The Kier molecular flexibility index (Phi) is 26.1. The van der Waals surface area contributed by atoms with Gasteiger partial charge in [0, 0.05) is 108 Å². The molecule has 12 nitrogen and oxygen atoms in total. The number of hydrogen-bond acceptors (Lipinski definition) is 12. The average Bonchev–Trinajstić information content (AvgIpc) is 3.50. The predicted molar refractivity (Wildman–Crippen MR) is 313 cm³/mol. The summed E-state index contributed by atoms with van der Waals surface area (Å²) >= 11 is 0. The van der Waals surface area contributed by atoms with E-state index in [1.54, 1.807) is 37.2 Å². The molecule has 0 aliphatic carbocycles. The molecule has 0 amide bonds. The molecule has 12 rings (SSSR count). The summed E-state index contributed by atoms with van der Waals surface area (Å²) in [5.41, 5.74) is 18.4. The van der Waals surface area contributed by atoms with Crippen LogP contribution in [0.3, 0.4) is 0 Å². The summed E-state index contributed by atoms with van der Waals surface area (Å²) in [7, 11) is 0. The van der Waals surface area contributed by atoms with Gasteiger partial charge in [-0.25, -0.2) is 0 Å². The van der Waals surface area contributed by atoms with Gasteiger partial charge in [-0.1, -0.05) is 36.4 Å². The van der Waals surface area contributed by atoms with Gasteiger partial charge in [0.25, 0.3) is 0 Å². The number of hydrogen-bond donors (Lipinski definition) is 0. The van der Waals surface area contributed by atoms with Gasteiger partial charge in [0.2, 0.25) is 0 Å². The average molecular weight is 1140 g/mol. The molecule has 12 aromatic rings. The molecule has 0 aliphatic heterocycles. The van der Waals surface area contributed by atoms with Gasteiger partial charge < -0.3 is 0 Å². The third-order valence-corrected chi connectivity index (χ3v) is 11.1. The molecule has 12 heterocycles. The van der Waals surface area contributed by atoms with Crippen LogP contribution in [-0.2, 0) is 33.6 Å². The molecule has 0 N–H and O–H groups in total. The molecule has 0 aromatic carbocycles. The molecule has 14 heteroatoms. The van der Waals surface area contributed by atoms with Crippen LogP contribution in [0.1, 0.15) is 33.4 Å². The molecule has 0 saturated carbocycles. The zero-order chi connectivity index (χ0) is 54.6. The minimum absolute atomic E-state index is 0. The summed E-state index contributed by atoms with van der Waals surface area (Å²) in [6, 6.07) is 59.0. The zero-order valence-electron chi connectivity index (χ0n) is 45.3. The van der Waals surface area contributed by atoms with E-state index in [-0.39, 0.29) is 33.6 Å². The van der Waals surface area contributed by atoms with E-state index in [2.05, 4.69) is 101 Å². The van der Waals surface area contributed by atoms with Crippen LogP contribution in [0.5, 0.6) is 0 Å². The first kappa shape index (κ1) is 61.7. The van der Waals surface area contributed by atoms with Crippen LogP contribution in [0.4, 0.5) is 0 Å². The van der Waals surface area contributed by atoms with Crippen molar-refractivity contribution in [3.63, 3.8) is 0 Å². The van der Waals surface area contributed by atoms with Crippen LogP contribution in [0.2, 0.25) is 0 Å². The second kappa shape index (κ2) is 33.9. The van der Waals surface area contributed by atoms with Crippen molar-refractivity contribution in [2.45, 2.75) is 41.5 Å². The number of pyridine rings is 12. The summed E-state index contributed by atoms with van der Waals surface area (Å²) in [6.07, 6.45) is 21.5. The van der Waals surface area contributed by atoms with E-state index in [9.17, 15) is 0 Å². The van der Waals surface area contributed by atoms with Crippen molar-refractivity contribution in [3.05, 3.63) is 290 Å². The van der Waals surface area contributed by atoms with E-state index < -0.39 is 0 Å². The number of aromatic nitrogens is 12. The van der Waals surface area contributed by atoms with Crippen molar-refractivity contribution >= 4 is 0 Å². The normalized spacial score (nSPS) is 9.68. The van der Waals surface area contributed by atoms with E-state index in [4.69, 9.17) is 0 Å². The Balaban J connectivity index is 0.000000176. The van der Waals surface area contributed by atoms with Gasteiger partial charge in [-0.3, -0.25) is 59.8 Å². The van der Waals surface area contributed by atoms with Crippen LogP contribution in [0.25, 0.3) is 68.3 Å². The Morgan fingerprint density at radius 3 is 0.412 bits per heavy atom. The van der Waals surface area contributed by atoms with Crippen molar-refractivity contribution in [2.75, 3.05) is 0 Å². The Labute approximate surface area is 490 Å². The van der Waals surface area contributed by atoms with Gasteiger partial charge in [0.1, 0.15) is 0 Å². The standard InChI is InChI=1S/3C12H12N2.3C10H8N2.2Co/c3*1-9-3-5-13-11(7-9)12-8-10(2)4-6-14-12;3*1-3-7-11-9(5-1)10-6-2-4-8-12-10;;/h3*3-8H,1-2H3;3*1-8H;;. The molecule has 80 heavy (non-hydrogen) atoms. The second-order valence-electron chi connectivity index (χ2n) is 17.6. The molecule has 0 saturated heterocycles. The third kappa shape index (κ3) is 21.0. The molecule has 402 valence electrons. The molecule has 0 aliphatic rings. The van der Waals surface area contributed by atoms with Gasteiger partial charge in [-0.2, -0.15) is 0 Å². The van der Waals surface area contributed by atoms with E-state index in [0.717, 1.165) is 68.3 Å². The maximum atomic E-state index is 4.29. The second-order valence-corrected chi connectivity index (χ2v) is 17.6. The summed E-state index contributed by atoms with van der Waals surface area (Å²) in [5, 5.41) is 0. The summed E-state index contributed by atoms with van der Waals surface area (Å²) in [5.74, 6) is 0. The predicted octanol–water partition coefficient (Wildman–Crippen LogP) is 14.7. The topological polar surface area (TPSA) is 155 Å². The fraction of sp³-hybridized carbons (Fsp3) is 0.0909. The smallest absolute Gasteiger partial charge is 0.0888 e. The zero-order valence-corrected chi connectivity index (χ0v) is 47.4. The molecular weight excluding hydrogens is 1080 g/mol. The first-order valence-corrected chi connectivity index (χ1v) is 25.2. The minimum Gasteiger partial charge on any atom is -0.255 e. The summed E-state index contributed by atoms with van der Waals surface area (Å²) < 4.78 is 0. The van der Waals surface area contributed by atoms with Crippen LogP contribution in [0, 0.1) is 41.5 Å². The van der Waals surface area contributed by atoms with Gasteiger partial charge in [-0.15, -0.1) is 0 Å². The van der Waals surface area contributed by atoms with Crippen LogP contribution >= 0.6 is 0 Å². The van der Waals surface area contributed by atoms with Gasteiger partial charge >= 0.3 is 0 Å². The van der Waals surface area contributed by atoms with Crippen molar-refractivity contribution in [2.24, 2.45) is 0 Å².